The van der Waals surface area contributed by atoms with Gasteiger partial charge in [0.2, 0.25) is 0 Å². The number of ether oxygens (including phenoxy) is 2. The van der Waals surface area contributed by atoms with Gasteiger partial charge in [0, 0.05) is 18.1 Å². The molecule has 7 heteroatoms. The highest BCUT2D eigenvalue weighted by Gasteiger charge is 2.17. The quantitative estimate of drug-likeness (QED) is 0.457. The average Bonchev–Trinajstić information content (AvgIpc) is 2.71. The lowest BCUT2D eigenvalue weighted by Gasteiger charge is -2.15. The van der Waals surface area contributed by atoms with Crippen molar-refractivity contribution in [3.63, 3.8) is 0 Å². The van der Waals surface area contributed by atoms with E-state index in [2.05, 4.69) is 15.1 Å². The van der Waals surface area contributed by atoms with Crippen LogP contribution in [0, 0.1) is 6.57 Å². The molecule has 28 heavy (non-hydrogen) atoms. The summed E-state index contributed by atoms with van der Waals surface area (Å²) in [5.74, 6) is 0.120. The SMILES string of the molecule is [C-]#[N+]c1ccc2ncc(C(=O)OCC)c(NCc3ccc(OC)c(Cl)c3)c2c1. The van der Waals surface area contributed by atoms with E-state index in [0.717, 1.165) is 5.56 Å². The van der Waals surface area contributed by atoms with Gasteiger partial charge in [-0.25, -0.2) is 9.64 Å². The molecule has 3 aromatic rings. The zero-order valence-electron chi connectivity index (χ0n) is 15.5. The number of anilines is 1. The van der Waals surface area contributed by atoms with Crippen LogP contribution in [0.1, 0.15) is 22.8 Å². The number of nitrogens with zero attached hydrogens (tertiary/aromatic N) is 2. The number of carbonyl (C=O) groups excluding carboxylic acids is 1. The molecule has 142 valence electrons. The van der Waals surface area contributed by atoms with E-state index in [1.165, 1.54) is 6.20 Å². The number of carbonyl (C=O) groups is 1. The van der Waals surface area contributed by atoms with Gasteiger partial charge >= 0.3 is 5.97 Å². The van der Waals surface area contributed by atoms with Crippen molar-refractivity contribution in [2.24, 2.45) is 0 Å². The topological polar surface area (TPSA) is 64.8 Å². The van der Waals surface area contributed by atoms with E-state index in [9.17, 15) is 4.79 Å². The van der Waals surface area contributed by atoms with E-state index in [1.807, 2.05) is 6.07 Å². The molecule has 3 rings (SSSR count). The lowest BCUT2D eigenvalue weighted by atomic mass is 10.1. The number of nitrogens with one attached hydrogen (secondary N) is 1. The van der Waals surface area contributed by atoms with Crippen LogP contribution in [-0.4, -0.2) is 24.7 Å². The molecule has 0 saturated carbocycles. The van der Waals surface area contributed by atoms with Crippen molar-refractivity contribution >= 4 is 39.8 Å². The molecule has 0 aliphatic rings. The molecule has 0 radical (unpaired) electrons. The van der Waals surface area contributed by atoms with E-state index >= 15 is 0 Å². The van der Waals surface area contributed by atoms with E-state index in [4.69, 9.17) is 27.6 Å². The van der Waals surface area contributed by atoms with Crippen molar-refractivity contribution in [3.8, 4) is 5.75 Å². The van der Waals surface area contributed by atoms with Crippen LogP contribution in [0.5, 0.6) is 5.75 Å². The lowest BCUT2D eigenvalue weighted by Crippen LogP contribution is -2.11. The zero-order valence-corrected chi connectivity index (χ0v) is 16.2. The first kappa shape index (κ1) is 19.5. The van der Waals surface area contributed by atoms with Crippen molar-refractivity contribution in [3.05, 3.63) is 70.2 Å². The van der Waals surface area contributed by atoms with E-state index in [0.29, 0.717) is 45.2 Å². The first-order valence-electron chi connectivity index (χ1n) is 8.61. The van der Waals surface area contributed by atoms with E-state index in [1.54, 1.807) is 44.4 Å². The van der Waals surface area contributed by atoms with Crippen molar-refractivity contribution in [1.82, 2.24) is 4.98 Å². The van der Waals surface area contributed by atoms with Gasteiger partial charge in [0.05, 0.1) is 36.5 Å². The summed E-state index contributed by atoms with van der Waals surface area (Å²) in [7, 11) is 1.56. The molecule has 0 aliphatic carbocycles. The lowest BCUT2D eigenvalue weighted by molar-refractivity contribution is 0.0527. The predicted octanol–water partition coefficient (Wildman–Crippen LogP) is 5.24. The molecule has 0 amide bonds. The Kier molecular flexibility index (Phi) is 5.97. The second-order valence-electron chi connectivity index (χ2n) is 5.90. The minimum absolute atomic E-state index is 0.256. The summed E-state index contributed by atoms with van der Waals surface area (Å²) in [6.07, 6.45) is 1.49. The van der Waals surface area contributed by atoms with Crippen LogP contribution in [0.25, 0.3) is 15.7 Å². The van der Waals surface area contributed by atoms with Gasteiger partial charge in [0.25, 0.3) is 0 Å². The smallest absolute Gasteiger partial charge is 0.341 e. The second kappa shape index (κ2) is 8.59. The predicted molar refractivity (Wildman–Crippen MR) is 109 cm³/mol. The van der Waals surface area contributed by atoms with Crippen LogP contribution in [-0.2, 0) is 11.3 Å². The number of halogens is 1. The first-order chi connectivity index (χ1) is 13.6. The molecule has 0 bridgehead atoms. The third-order valence-corrected chi connectivity index (χ3v) is 4.46. The molecule has 0 saturated heterocycles. The van der Waals surface area contributed by atoms with Crippen LogP contribution in [0.15, 0.2) is 42.6 Å². The number of hydrogen-bond donors (Lipinski definition) is 1. The number of fused-ring (bicyclic) bond motifs is 1. The first-order valence-corrected chi connectivity index (χ1v) is 8.98. The molecule has 6 nitrogen and oxygen atoms in total. The minimum Gasteiger partial charge on any atom is -0.495 e. The molecule has 0 spiro atoms. The minimum atomic E-state index is -0.472. The third kappa shape index (κ3) is 4.00. The Hall–Kier alpha value is -3.30. The normalized spacial score (nSPS) is 10.4. The monoisotopic (exact) mass is 395 g/mol. The van der Waals surface area contributed by atoms with Crippen LogP contribution >= 0.6 is 11.6 Å². The number of esters is 1. The molecule has 0 unspecified atom stereocenters. The van der Waals surface area contributed by atoms with Crippen molar-refractivity contribution in [2.75, 3.05) is 19.0 Å². The maximum absolute atomic E-state index is 12.4. The Bertz CT molecular complexity index is 1080. The van der Waals surface area contributed by atoms with Crippen LogP contribution in [0.3, 0.4) is 0 Å². The van der Waals surface area contributed by atoms with Crippen LogP contribution in [0.4, 0.5) is 11.4 Å². The number of hydrogen-bond acceptors (Lipinski definition) is 5. The summed E-state index contributed by atoms with van der Waals surface area (Å²) in [6.45, 7) is 9.67. The van der Waals surface area contributed by atoms with Crippen molar-refractivity contribution in [1.29, 1.82) is 0 Å². The van der Waals surface area contributed by atoms with Gasteiger partial charge in [-0.15, -0.1) is 0 Å². The average molecular weight is 396 g/mol. The zero-order chi connectivity index (χ0) is 20.1. The number of aromatic nitrogens is 1. The Morgan fingerprint density at radius 2 is 2.11 bits per heavy atom. The summed E-state index contributed by atoms with van der Waals surface area (Å²) in [4.78, 5) is 20.2. The third-order valence-electron chi connectivity index (χ3n) is 4.16. The van der Waals surface area contributed by atoms with Gasteiger partial charge < -0.3 is 14.8 Å². The number of rotatable bonds is 6. The molecule has 1 N–H and O–H groups in total. The van der Waals surface area contributed by atoms with Crippen LogP contribution < -0.4 is 10.1 Å². The highest BCUT2D eigenvalue weighted by atomic mass is 35.5. The fourth-order valence-corrected chi connectivity index (χ4v) is 3.09. The number of pyridine rings is 1. The van der Waals surface area contributed by atoms with Crippen molar-refractivity contribution < 1.29 is 14.3 Å². The van der Waals surface area contributed by atoms with E-state index < -0.39 is 5.97 Å². The summed E-state index contributed by atoms with van der Waals surface area (Å²) in [5, 5.41) is 4.47. The summed E-state index contributed by atoms with van der Waals surface area (Å²) in [5.41, 5.74) is 2.94. The summed E-state index contributed by atoms with van der Waals surface area (Å²) in [6, 6.07) is 10.6. The molecule has 2 aromatic carbocycles. The largest absolute Gasteiger partial charge is 0.495 e. The molecule has 0 fully saturated rings. The van der Waals surface area contributed by atoms with Gasteiger partial charge in [-0.3, -0.25) is 4.98 Å². The molecular formula is C21H18ClN3O3. The van der Waals surface area contributed by atoms with Gasteiger partial charge in [0.1, 0.15) is 11.3 Å². The molecule has 1 aromatic heterocycles. The van der Waals surface area contributed by atoms with Gasteiger partial charge in [-0.2, -0.15) is 0 Å². The van der Waals surface area contributed by atoms with Gasteiger partial charge in [0.15, 0.2) is 5.69 Å². The second-order valence-corrected chi connectivity index (χ2v) is 6.31. The molecule has 0 aliphatic heterocycles. The van der Waals surface area contributed by atoms with Gasteiger partial charge in [-0.05, 0) is 36.8 Å². The van der Waals surface area contributed by atoms with Crippen molar-refractivity contribution in [2.45, 2.75) is 13.5 Å². The van der Waals surface area contributed by atoms with Gasteiger partial charge in [-0.1, -0.05) is 23.7 Å². The molecular weight excluding hydrogens is 378 g/mol. The number of methoxy groups -OCH3 is 1. The van der Waals surface area contributed by atoms with Crippen LogP contribution in [0.2, 0.25) is 5.02 Å². The summed E-state index contributed by atoms with van der Waals surface area (Å²) >= 11 is 6.20. The highest BCUT2D eigenvalue weighted by Crippen LogP contribution is 2.31. The fourth-order valence-electron chi connectivity index (χ4n) is 2.81. The maximum atomic E-state index is 12.4. The molecule has 0 atom stereocenters. The Morgan fingerprint density at radius 3 is 2.79 bits per heavy atom. The van der Waals surface area contributed by atoms with E-state index in [-0.39, 0.29) is 6.61 Å². The Labute approximate surface area is 167 Å². The molecule has 1 heterocycles. The maximum Gasteiger partial charge on any atom is 0.341 e. The Morgan fingerprint density at radius 1 is 1.29 bits per heavy atom. The Balaban J connectivity index is 2.03. The standard InChI is InChI=1S/C21H18ClN3O3/c1-4-28-21(26)16-12-24-18-7-6-14(23-2)10-15(18)20(16)25-11-13-5-8-19(27-3)17(22)9-13/h5-10,12H,4,11H2,1,3H3,(H,24,25). The fraction of sp³-hybridized carbons (Fsp3) is 0.190. The number of benzene rings is 2. The highest BCUT2D eigenvalue weighted by molar-refractivity contribution is 6.32. The summed E-state index contributed by atoms with van der Waals surface area (Å²) < 4.78 is 10.3.